The van der Waals surface area contributed by atoms with E-state index in [1.807, 2.05) is 18.2 Å². The number of carbonyl (C=O) groups excluding carboxylic acids is 1. The van der Waals surface area contributed by atoms with Crippen molar-refractivity contribution in [2.24, 2.45) is 11.8 Å². The van der Waals surface area contributed by atoms with Crippen LogP contribution in [-0.4, -0.2) is 74.0 Å². The summed E-state index contributed by atoms with van der Waals surface area (Å²) in [4.78, 5) is 13.8. The fourth-order valence-electron chi connectivity index (χ4n) is 5.19. The molecule has 1 fully saturated rings. The van der Waals surface area contributed by atoms with Crippen molar-refractivity contribution in [2.45, 2.75) is 87.8 Å². The largest absolute Gasteiger partial charge is 0.459 e. The Bertz CT molecular complexity index is 1050. The third-order valence-electron chi connectivity index (χ3n) is 7.43. The fourth-order valence-corrected chi connectivity index (χ4v) is 7.20. The molecule has 1 aliphatic rings. The Morgan fingerprint density at radius 1 is 1.00 bits per heavy atom. The summed E-state index contributed by atoms with van der Waals surface area (Å²) in [5, 5.41) is 51.1. The van der Waals surface area contributed by atoms with Crippen molar-refractivity contribution < 1.29 is 35.1 Å². The molecule has 11 heteroatoms. The van der Waals surface area contributed by atoms with Crippen LogP contribution in [0, 0.1) is 11.8 Å². The van der Waals surface area contributed by atoms with Crippen molar-refractivity contribution in [3.05, 3.63) is 55.7 Å². The van der Waals surface area contributed by atoms with Crippen LogP contribution in [0.3, 0.4) is 0 Å². The third-order valence-corrected chi connectivity index (χ3v) is 9.49. The maximum Gasteiger partial charge on any atom is 0.348 e. The predicted molar refractivity (Wildman–Crippen MR) is 154 cm³/mol. The first-order valence-electron chi connectivity index (χ1n) is 13.2. The van der Waals surface area contributed by atoms with Gasteiger partial charge in [0.2, 0.25) is 0 Å². The SMILES string of the molecule is CC[C@@H](O)[C@@H](O)[C@@H](O)[C@@H](O)COC(=O)c1ccc(CCC[C@@H]2[C@@H](CCc3cc(Cl)cc(Cl)c3)[C@H](O)C[C@H]2Cl)s1. The molecule has 1 heterocycles. The highest BCUT2D eigenvalue weighted by Crippen LogP contribution is 2.42. The Kier molecular flexibility index (Phi) is 12.8. The van der Waals surface area contributed by atoms with E-state index in [4.69, 9.17) is 39.5 Å². The van der Waals surface area contributed by atoms with Crippen LogP contribution in [-0.2, 0) is 17.6 Å². The number of alkyl halides is 1. The van der Waals surface area contributed by atoms with Gasteiger partial charge >= 0.3 is 5.97 Å². The minimum Gasteiger partial charge on any atom is -0.459 e. The number of esters is 1. The molecular formula is C28H37Cl3O7S. The minimum absolute atomic E-state index is 0.0814. The lowest BCUT2D eigenvalue weighted by atomic mass is 9.85. The zero-order valence-corrected chi connectivity index (χ0v) is 24.8. The van der Waals surface area contributed by atoms with Gasteiger partial charge in [0.25, 0.3) is 0 Å². The second kappa shape index (κ2) is 15.3. The summed E-state index contributed by atoms with van der Waals surface area (Å²) in [6.45, 7) is 1.12. The summed E-state index contributed by atoms with van der Waals surface area (Å²) < 4.78 is 5.10. The molecule has 0 bridgehead atoms. The number of ether oxygens (including phenoxy) is 1. The van der Waals surface area contributed by atoms with Gasteiger partial charge in [0.05, 0.1) is 12.2 Å². The molecule has 8 atom stereocenters. The summed E-state index contributed by atoms with van der Waals surface area (Å²) in [6, 6.07) is 9.00. The number of halogens is 3. The normalized spacial score (nSPS) is 24.3. The molecule has 0 radical (unpaired) electrons. The summed E-state index contributed by atoms with van der Waals surface area (Å²) >= 11 is 20.2. The second-order valence-corrected chi connectivity index (χ2v) is 12.8. The van der Waals surface area contributed by atoms with Gasteiger partial charge in [-0.2, -0.15) is 0 Å². The molecule has 39 heavy (non-hydrogen) atoms. The highest BCUT2D eigenvalue weighted by Gasteiger charge is 2.40. The van der Waals surface area contributed by atoms with Crippen molar-refractivity contribution in [3.8, 4) is 0 Å². The molecule has 5 N–H and O–H groups in total. The van der Waals surface area contributed by atoms with Gasteiger partial charge in [-0.3, -0.25) is 0 Å². The zero-order valence-electron chi connectivity index (χ0n) is 21.8. The van der Waals surface area contributed by atoms with Crippen LogP contribution in [0.4, 0.5) is 0 Å². The van der Waals surface area contributed by atoms with Gasteiger partial charge in [0.15, 0.2) is 0 Å². The van der Waals surface area contributed by atoms with Crippen molar-refractivity contribution >= 4 is 52.1 Å². The molecule has 0 aliphatic heterocycles. The first kappa shape index (κ1) is 32.6. The third kappa shape index (κ3) is 9.28. The summed E-state index contributed by atoms with van der Waals surface area (Å²) in [5.41, 5.74) is 1.03. The predicted octanol–water partition coefficient (Wildman–Crippen LogP) is 4.63. The minimum atomic E-state index is -1.64. The number of benzene rings is 1. The van der Waals surface area contributed by atoms with Gasteiger partial charge in [-0.05, 0) is 92.7 Å². The van der Waals surface area contributed by atoms with Gasteiger partial charge in [-0.25, -0.2) is 4.79 Å². The standard InChI is InChI=1S/C28H37Cl3O7S/c1-2-22(32)26(35)27(36)24(34)14-38-28(37)25-9-7-18(39-25)4-3-5-19-20(23(33)13-21(19)31)8-6-15-10-16(29)12-17(30)11-15/h7,9-12,19-24,26-27,32-36H,2-6,8,13-14H2,1H3/t19-,20-,21-,22-,23-,24+,26-,27+/m1/s1. The van der Waals surface area contributed by atoms with Crippen LogP contribution in [0.1, 0.15) is 59.1 Å². The highest BCUT2D eigenvalue weighted by atomic mass is 35.5. The number of carbonyl (C=O) groups is 1. The molecule has 1 saturated carbocycles. The number of hydrogen-bond donors (Lipinski definition) is 5. The van der Waals surface area contributed by atoms with E-state index in [1.165, 1.54) is 11.3 Å². The molecule has 218 valence electrons. The summed E-state index contributed by atoms with van der Waals surface area (Å²) in [7, 11) is 0. The maximum atomic E-state index is 12.4. The topological polar surface area (TPSA) is 127 Å². The van der Waals surface area contributed by atoms with Crippen LogP contribution < -0.4 is 0 Å². The molecule has 1 aliphatic carbocycles. The Morgan fingerprint density at radius 3 is 2.33 bits per heavy atom. The Labute approximate surface area is 248 Å². The number of aliphatic hydroxyl groups is 5. The van der Waals surface area contributed by atoms with Crippen LogP contribution in [0.15, 0.2) is 30.3 Å². The van der Waals surface area contributed by atoms with Gasteiger partial charge in [0, 0.05) is 20.3 Å². The van der Waals surface area contributed by atoms with Crippen molar-refractivity contribution in [3.63, 3.8) is 0 Å². The lowest BCUT2D eigenvalue weighted by Gasteiger charge is -2.25. The highest BCUT2D eigenvalue weighted by molar-refractivity contribution is 7.13. The van der Waals surface area contributed by atoms with Gasteiger partial charge in [-0.1, -0.05) is 30.1 Å². The molecular weight excluding hydrogens is 587 g/mol. The molecule has 2 aromatic rings. The van der Waals surface area contributed by atoms with E-state index in [0.29, 0.717) is 21.3 Å². The van der Waals surface area contributed by atoms with Crippen LogP contribution in [0.2, 0.25) is 10.0 Å². The first-order chi connectivity index (χ1) is 18.5. The molecule has 3 rings (SSSR count). The van der Waals surface area contributed by atoms with Gasteiger partial charge in [0.1, 0.15) is 29.8 Å². The van der Waals surface area contributed by atoms with Gasteiger partial charge in [-0.15, -0.1) is 22.9 Å². The summed E-state index contributed by atoms with van der Waals surface area (Å²) in [6.07, 6.45) is -1.60. The quantitative estimate of drug-likeness (QED) is 0.153. The van der Waals surface area contributed by atoms with Crippen molar-refractivity contribution in [2.75, 3.05) is 6.61 Å². The first-order valence-corrected chi connectivity index (χ1v) is 15.3. The monoisotopic (exact) mass is 622 g/mol. The molecule has 0 unspecified atom stereocenters. The van der Waals surface area contributed by atoms with E-state index in [9.17, 15) is 30.3 Å². The average molecular weight is 624 g/mol. The maximum absolute atomic E-state index is 12.4. The average Bonchev–Trinajstić information content (AvgIpc) is 3.47. The fraction of sp³-hybridized carbons (Fsp3) is 0.607. The van der Waals surface area contributed by atoms with Crippen LogP contribution >= 0.6 is 46.1 Å². The molecule has 1 aromatic carbocycles. The van der Waals surface area contributed by atoms with Crippen LogP contribution in [0.5, 0.6) is 0 Å². The Morgan fingerprint density at radius 2 is 1.67 bits per heavy atom. The second-order valence-electron chi connectivity index (χ2n) is 10.2. The van der Waals surface area contributed by atoms with E-state index in [-0.39, 0.29) is 23.6 Å². The molecule has 0 spiro atoms. The number of aryl methyl sites for hydroxylation is 2. The molecule has 0 amide bonds. The number of thiophene rings is 1. The Hall–Kier alpha value is -0.940. The number of aliphatic hydroxyl groups excluding tert-OH is 5. The number of rotatable bonds is 14. The molecule has 1 aromatic heterocycles. The molecule has 7 nitrogen and oxygen atoms in total. The van der Waals surface area contributed by atoms with Crippen molar-refractivity contribution in [1.82, 2.24) is 0 Å². The van der Waals surface area contributed by atoms with Crippen LogP contribution in [0.25, 0.3) is 0 Å². The summed E-state index contributed by atoms with van der Waals surface area (Å²) in [5.74, 6) is -0.378. The lowest BCUT2D eigenvalue weighted by Crippen LogP contribution is -2.46. The van der Waals surface area contributed by atoms with E-state index < -0.39 is 43.1 Å². The van der Waals surface area contributed by atoms with Gasteiger partial charge < -0.3 is 30.3 Å². The van der Waals surface area contributed by atoms with E-state index >= 15 is 0 Å². The zero-order chi connectivity index (χ0) is 28.7. The van der Waals surface area contributed by atoms with Crippen molar-refractivity contribution in [1.29, 1.82) is 0 Å². The molecule has 0 saturated heterocycles. The van der Waals surface area contributed by atoms with E-state index in [1.54, 1.807) is 19.1 Å². The van der Waals surface area contributed by atoms with E-state index in [0.717, 1.165) is 42.5 Å². The lowest BCUT2D eigenvalue weighted by molar-refractivity contribution is -0.116. The number of hydrogen-bond acceptors (Lipinski definition) is 8. The Balaban J connectivity index is 1.46. The van der Waals surface area contributed by atoms with E-state index in [2.05, 4.69) is 0 Å². The smallest absolute Gasteiger partial charge is 0.348 e.